The fourth-order valence-electron chi connectivity index (χ4n) is 1.75. The summed E-state index contributed by atoms with van der Waals surface area (Å²) in [6.45, 7) is 1.95. The lowest BCUT2D eigenvalue weighted by molar-refractivity contribution is 0.282. The smallest absolute Gasteiger partial charge is 0.251 e. The largest absolute Gasteiger partial charge is 0.392 e. The van der Waals surface area contributed by atoms with E-state index in [2.05, 4.69) is 9.97 Å². The molecule has 0 atom stereocenters. The van der Waals surface area contributed by atoms with Crippen molar-refractivity contribution in [2.45, 2.75) is 36.4 Å². The molecule has 2 rings (SSSR count). The van der Waals surface area contributed by atoms with E-state index in [1.54, 1.807) is 12.1 Å². The number of hydrogen-bond acceptors (Lipinski definition) is 4. The van der Waals surface area contributed by atoms with E-state index in [-0.39, 0.29) is 12.2 Å². The first-order valence-corrected chi connectivity index (χ1v) is 7.49. The Morgan fingerprint density at radius 3 is 2.85 bits per heavy atom. The number of aryl methyl sites for hydroxylation is 1. The fourth-order valence-corrected chi connectivity index (χ4v) is 2.90. The van der Waals surface area contributed by atoms with Crippen LogP contribution < -0.4 is 5.56 Å². The number of nitrogens with one attached hydrogen (secondary N) is 1. The summed E-state index contributed by atoms with van der Waals surface area (Å²) in [5.41, 5.74) is 1.32. The Balaban J connectivity index is 2.25. The lowest BCUT2D eigenvalue weighted by atomic mass is 10.2. The number of benzene rings is 1. The number of aromatic nitrogens is 2. The van der Waals surface area contributed by atoms with Crippen LogP contribution >= 0.6 is 23.4 Å². The summed E-state index contributed by atoms with van der Waals surface area (Å²) in [7, 11) is 0. The Kier molecular flexibility index (Phi) is 5.23. The van der Waals surface area contributed by atoms with Gasteiger partial charge < -0.3 is 10.1 Å². The van der Waals surface area contributed by atoms with Crippen LogP contribution in [0.5, 0.6) is 0 Å². The fraction of sp³-hybridized carbons (Fsp3) is 0.286. The average Bonchev–Trinajstić information content (AvgIpc) is 2.38. The minimum Gasteiger partial charge on any atom is -0.392 e. The minimum atomic E-state index is -0.149. The second-order valence-corrected chi connectivity index (χ2v) is 5.77. The first-order valence-electron chi connectivity index (χ1n) is 6.29. The Bertz CT molecular complexity index is 658. The van der Waals surface area contributed by atoms with Crippen LogP contribution in [-0.4, -0.2) is 15.1 Å². The van der Waals surface area contributed by atoms with E-state index in [0.717, 1.165) is 23.4 Å². The maximum absolute atomic E-state index is 11.6. The van der Waals surface area contributed by atoms with Gasteiger partial charge in [-0.15, -0.1) is 0 Å². The molecular formula is C14H15ClN2O2S. The van der Waals surface area contributed by atoms with Crippen molar-refractivity contribution >= 4 is 23.4 Å². The zero-order chi connectivity index (χ0) is 14.5. The van der Waals surface area contributed by atoms with E-state index in [0.29, 0.717) is 15.7 Å². The molecule has 0 radical (unpaired) electrons. The number of hydrogen-bond donors (Lipinski definition) is 2. The van der Waals surface area contributed by atoms with Crippen molar-refractivity contribution < 1.29 is 5.11 Å². The van der Waals surface area contributed by atoms with Crippen LogP contribution in [0.1, 0.15) is 24.6 Å². The molecular weight excluding hydrogens is 296 g/mol. The quantitative estimate of drug-likeness (QED) is 0.833. The molecule has 1 heterocycles. The van der Waals surface area contributed by atoms with Gasteiger partial charge >= 0.3 is 0 Å². The molecule has 0 aliphatic carbocycles. The predicted octanol–water partition coefficient (Wildman–Crippen LogP) is 3.02. The molecule has 6 heteroatoms. The molecule has 0 spiro atoms. The molecule has 0 saturated heterocycles. The van der Waals surface area contributed by atoms with Crippen LogP contribution in [0.4, 0.5) is 0 Å². The lowest BCUT2D eigenvalue weighted by Gasteiger charge is -2.05. The Hall–Kier alpha value is -1.30. The highest BCUT2D eigenvalue weighted by Crippen LogP contribution is 2.28. The van der Waals surface area contributed by atoms with Crippen LogP contribution in [0.2, 0.25) is 5.02 Å². The maximum atomic E-state index is 11.6. The summed E-state index contributed by atoms with van der Waals surface area (Å²) < 4.78 is 0. The van der Waals surface area contributed by atoms with Crippen molar-refractivity contribution in [1.82, 2.24) is 9.97 Å². The number of halogens is 1. The van der Waals surface area contributed by atoms with E-state index in [1.807, 2.05) is 13.0 Å². The first kappa shape index (κ1) is 15.1. The summed E-state index contributed by atoms with van der Waals surface area (Å²) in [6.07, 6.45) is 1.72. The summed E-state index contributed by atoms with van der Waals surface area (Å²) in [5.74, 6) is 0. The van der Waals surface area contributed by atoms with Crippen molar-refractivity contribution in [2.24, 2.45) is 0 Å². The summed E-state index contributed by atoms with van der Waals surface area (Å²) in [4.78, 5) is 19.6. The molecule has 4 nitrogen and oxygen atoms in total. The number of nitrogens with zero attached hydrogens (tertiary/aromatic N) is 1. The molecule has 0 aliphatic heterocycles. The van der Waals surface area contributed by atoms with Gasteiger partial charge in [0.05, 0.1) is 6.61 Å². The van der Waals surface area contributed by atoms with Crippen LogP contribution in [0.15, 0.2) is 39.1 Å². The van der Waals surface area contributed by atoms with Gasteiger partial charge in [-0.3, -0.25) is 4.79 Å². The van der Waals surface area contributed by atoms with Gasteiger partial charge in [0.25, 0.3) is 5.56 Å². The third-order valence-electron chi connectivity index (χ3n) is 2.69. The van der Waals surface area contributed by atoms with Crippen molar-refractivity contribution in [3.8, 4) is 0 Å². The Morgan fingerprint density at radius 2 is 2.20 bits per heavy atom. The minimum absolute atomic E-state index is 0.0924. The van der Waals surface area contributed by atoms with Crippen LogP contribution in [-0.2, 0) is 13.0 Å². The number of aliphatic hydroxyl groups is 1. The molecule has 1 aromatic heterocycles. The molecule has 20 heavy (non-hydrogen) atoms. The van der Waals surface area contributed by atoms with E-state index >= 15 is 0 Å². The molecule has 2 aromatic rings. The third kappa shape index (κ3) is 3.85. The second kappa shape index (κ2) is 6.92. The topological polar surface area (TPSA) is 66.0 Å². The van der Waals surface area contributed by atoms with Crippen molar-refractivity contribution in [3.05, 3.63) is 50.9 Å². The molecule has 0 bridgehead atoms. The highest BCUT2D eigenvalue weighted by molar-refractivity contribution is 7.99. The van der Waals surface area contributed by atoms with Crippen LogP contribution in [0.25, 0.3) is 0 Å². The lowest BCUT2D eigenvalue weighted by Crippen LogP contribution is -2.09. The van der Waals surface area contributed by atoms with Crippen LogP contribution in [0.3, 0.4) is 0 Å². The van der Waals surface area contributed by atoms with E-state index in [9.17, 15) is 4.79 Å². The zero-order valence-corrected chi connectivity index (χ0v) is 12.6. The first-order chi connectivity index (χ1) is 9.62. The van der Waals surface area contributed by atoms with Gasteiger partial charge in [0, 0.05) is 21.7 Å². The molecule has 0 saturated carbocycles. The molecule has 0 fully saturated rings. The molecule has 106 valence electrons. The Morgan fingerprint density at radius 1 is 1.40 bits per heavy atom. The zero-order valence-electron chi connectivity index (χ0n) is 11.0. The maximum Gasteiger partial charge on any atom is 0.251 e. The predicted molar refractivity (Wildman–Crippen MR) is 80.4 cm³/mol. The second-order valence-electron chi connectivity index (χ2n) is 4.31. The van der Waals surface area contributed by atoms with Crippen molar-refractivity contribution in [3.63, 3.8) is 0 Å². The molecule has 1 aromatic carbocycles. The summed E-state index contributed by atoms with van der Waals surface area (Å²) in [5, 5.41) is 10.1. The molecule has 0 amide bonds. The number of H-pyrrole nitrogens is 1. The number of rotatable bonds is 5. The normalized spacial score (nSPS) is 10.8. The highest BCUT2D eigenvalue weighted by atomic mass is 35.5. The molecule has 0 unspecified atom stereocenters. The number of aromatic amines is 1. The Labute approximate surface area is 126 Å². The molecule has 0 aliphatic rings. The van der Waals surface area contributed by atoms with Crippen molar-refractivity contribution in [1.29, 1.82) is 0 Å². The van der Waals surface area contributed by atoms with E-state index < -0.39 is 0 Å². The number of aliphatic hydroxyl groups excluding tert-OH is 1. The van der Waals surface area contributed by atoms with Gasteiger partial charge in [-0.2, -0.15) is 0 Å². The van der Waals surface area contributed by atoms with E-state index in [4.69, 9.17) is 16.7 Å². The van der Waals surface area contributed by atoms with Crippen molar-refractivity contribution in [2.75, 3.05) is 0 Å². The highest BCUT2D eigenvalue weighted by Gasteiger charge is 2.06. The standard InChI is InChI=1S/C14H15ClN2O2S/c1-2-3-10-6-13(19)17-14(16-10)20-11-5-4-9(8-18)12(15)7-11/h4-7,18H,2-3,8H2,1H3,(H,16,17,19). The SMILES string of the molecule is CCCc1cc(=O)[nH]c(Sc2ccc(CO)c(Cl)c2)n1. The van der Waals surface area contributed by atoms with E-state index in [1.165, 1.54) is 17.8 Å². The van der Waals surface area contributed by atoms with Gasteiger partial charge in [0.15, 0.2) is 5.16 Å². The monoisotopic (exact) mass is 310 g/mol. The van der Waals surface area contributed by atoms with Gasteiger partial charge in [0.2, 0.25) is 0 Å². The summed E-state index contributed by atoms with van der Waals surface area (Å²) >= 11 is 7.38. The van der Waals surface area contributed by atoms with Gasteiger partial charge in [-0.1, -0.05) is 42.8 Å². The molecule has 2 N–H and O–H groups in total. The van der Waals surface area contributed by atoms with Gasteiger partial charge in [-0.05, 0) is 24.1 Å². The van der Waals surface area contributed by atoms with Gasteiger partial charge in [-0.25, -0.2) is 4.98 Å². The third-order valence-corrected chi connectivity index (χ3v) is 3.92. The summed E-state index contributed by atoms with van der Waals surface area (Å²) in [6, 6.07) is 6.88. The average molecular weight is 311 g/mol. The van der Waals surface area contributed by atoms with Crippen LogP contribution in [0, 0.1) is 0 Å². The van der Waals surface area contributed by atoms with Gasteiger partial charge in [0.1, 0.15) is 0 Å².